The highest BCUT2D eigenvalue weighted by Gasteiger charge is 2.21. The zero-order valence-corrected chi connectivity index (χ0v) is 11.4. The minimum atomic E-state index is 0.363. The Hall–Kier alpha value is -0.0800. The first-order valence-corrected chi connectivity index (χ1v) is 7.13. The predicted octanol–water partition coefficient (Wildman–Crippen LogP) is 3.01. The van der Waals surface area contributed by atoms with Gasteiger partial charge in [0.25, 0.3) is 0 Å². The fourth-order valence-corrected chi connectivity index (χ4v) is 2.96. The van der Waals surface area contributed by atoms with E-state index in [1.54, 1.807) is 0 Å². The molecule has 1 rings (SSSR count). The van der Waals surface area contributed by atoms with Gasteiger partial charge in [0.2, 0.25) is 0 Å². The first-order valence-electron chi connectivity index (χ1n) is 7.13. The lowest BCUT2D eigenvalue weighted by molar-refractivity contribution is 0.150. The summed E-state index contributed by atoms with van der Waals surface area (Å²) in [5.74, 6) is 0.722. The van der Waals surface area contributed by atoms with E-state index in [1.807, 2.05) is 0 Å². The minimum absolute atomic E-state index is 0.363. The summed E-state index contributed by atoms with van der Waals surface area (Å²) in [6.07, 6.45) is 8.21. The van der Waals surface area contributed by atoms with Crippen molar-refractivity contribution in [3.8, 4) is 0 Å². The highest BCUT2D eigenvalue weighted by Crippen LogP contribution is 2.22. The monoisotopic (exact) mass is 226 g/mol. The van der Waals surface area contributed by atoms with Gasteiger partial charge in [-0.05, 0) is 31.7 Å². The smallest absolute Gasteiger partial charge is 0.0170 e. The molecule has 1 atom stereocenters. The molecule has 2 N–H and O–H groups in total. The summed E-state index contributed by atoms with van der Waals surface area (Å²) in [5.41, 5.74) is 6.22. The highest BCUT2D eigenvalue weighted by atomic mass is 15.2. The van der Waals surface area contributed by atoms with Crippen LogP contribution in [0.25, 0.3) is 0 Å². The van der Waals surface area contributed by atoms with Crippen molar-refractivity contribution in [2.45, 2.75) is 71.4 Å². The maximum atomic E-state index is 6.22. The standard InChI is InChI=1S/C14H30N2/c1-4-16(11-13(15)10-12(2)3)14-8-6-5-7-9-14/h12-14H,4-11,15H2,1-3H3. The van der Waals surface area contributed by atoms with Crippen molar-refractivity contribution >= 4 is 0 Å². The van der Waals surface area contributed by atoms with Gasteiger partial charge in [0, 0.05) is 18.6 Å². The van der Waals surface area contributed by atoms with Crippen molar-refractivity contribution < 1.29 is 0 Å². The lowest BCUT2D eigenvalue weighted by atomic mass is 9.93. The molecule has 1 aliphatic rings. The first kappa shape index (κ1) is 14.0. The second kappa shape index (κ2) is 7.29. The summed E-state index contributed by atoms with van der Waals surface area (Å²) >= 11 is 0. The van der Waals surface area contributed by atoms with Crippen molar-refractivity contribution in [1.29, 1.82) is 0 Å². The van der Waals surface area contributed by atoms with Crippen molar-refractivity contribution in [1.82, 2.24) is 4.90 Å². The molecule has 0 aromatic heterocycles. The second-order valence-corrected chi connectivity index (χ2v) is 5.77. The third-order valence-corrected chi connectivity index (χ3v) is 3.74. The third kappa shape index (κ3) is 4.84. The van der Waals surface area contributed by atoms with Gasteiger partial charge in [-0.25, -0.2) is 0 Å². The van der Waals surface area contributed by atoms with Crippen molar-refractivity contribution in [2.24, 2.45) is 11.7 Å². The number of hydrogen-bond donors (Lipinski definition) is 1. The molecular weight excluding hydrogens is 196 g/mol. The van der Waals surface area contributed by atoms with Crippen LogP contribution in [0.15, 0.2) is 0 Å². The molecule has 0 bridgehead atoms. The lowest BCUT2D eigenvalue weighted by Crippen LogP contribution is -2.44. The van der Waals surface area contributed by atoms with Crippen LogP contribution >= 0.6 is 0 Å². The molecule has 1 unspecified atom stereocenters. The summed E-state index contributed by atoms with van der Waals surface area (Å²) in [4.78, 5) is 2.62. The normalized spacial score (nSPS) is 20.6. The molecule has 0 spiro atoms. The van der Waals surface area contributed by atoms with Gasteiger partial charge >= 0.3 is 0 Å². The van der Waals surface area contributed by atoms with Gasteiger partial charge in [-0.15, -0.1) is 0 Å². The predicted molar refractivity (Wildman–Crippen MR) is 71.6 cm³/mol. The number of nitrogens with two attached hydrogens (primary N) is 1. The van der Waals surface area contributed by atoms with E-state index in [1.165, 1.54) is 32.1 Å². The van der Waals surface area contributed by atoms with Crippen LogP contribution in [0.5, 0.6) is 0 Å². The van der Waals surface area contributed by atoms with Crippen LogP contribution in [0.1, 0.15) is 59.3 Å². The lowest BCUT2D eigenvalue weighted by Gasteiger charge is -2.35. The molecule has 1 aliphatic carbocycles. The van der Waals surface area contributed by atoms with Crippen LogP contribution in [0.4, 0.5) is 0 Å². The van der Waals surface area contributed by atoms with Crippen LogP contribution in [0.3, 0.4) is 0 Å². The molecule has 0 aromatic rings. The maximum Gasteiger partial charge on any atom is 0.0170 e. The maximum absolute atomic E-state index is 6.22. The second-order valence-electron chi connectivity index (χ2n) is 5.77. The number of rotatable bonds is 6. The van der Waals surface area contributed by atoms with Gasteiger partial charge in [-0.2, -0.15) is 0 Å². The molecule has 2 heteroatoms. The largest absolute Gasteiger partial charge is 0.327 e. The highest BCUT2D eigenvalue weighted by molar-refractivity contribution is 4.78. The van der Waals surface area contributed by atoms with Gasteiger partial charge in [0.1, 0.15) is 0 Å². The van der Waals surface area contributed by atoms with Crippen LogP contribution in [0, 0.1) is 5.92 Å². The summed E-state index contributed by atoms with van der Waals surface area (Å²) in [6, 6.07) is 1.18. The van der Waals surface area contributed by atoms with Gasteiger partial charge in [-0.1, -0.05) is 40.0 Å². The molecule has 0 saturated heterocycles. The van der Waals surface area contributed by atoms with E-state index in [9.17, 15) is 0 Å². The van der Waals surface area contributed by atoms with E-state index in [0.29, 0.717) is 6.04 Å². The summed E-state index contributed by atoms with van der Waals surface area (Å²) in [6.45, 7) is 9.06. The summed E-state index contributed by atoms with van der Waals surface area (Å²) < 4.78 is 0. The zero-order chi connectivity index (χ0) is 12.0. The Morgan fingerprint density at radius 3 is 2.31 bits per heavy atom. The van der Waals surface area contributed by atoms with Gasteiger partial charge in [0.15, 0.2) is 0 Å². The summed E-state index contributed by atoms with van der Waals surface area (Å²) in [7, 11) is 0. The molecule has 1 fully saturated rings. The topological polar surface area (TPSA) is 29.3 Å². The Balaban J connectivity index is 2.34. The summed E-state index contributed by atoms with van der Waals surface area (Å²) in [5, 5.41) is 0. The van der Waals surface area contributed by atoms with Crippen LogP contribution in [0.2, 0.25) is 0 Å². The van der Waals surface area contributed by atoms with E-state index >= 15 is 0 Å². The van der Waals surface area contributed by atoms with E-state index in [2.05, 4.69) is 25.7 Å². The average Bonchev–Trinajstić information content (AvgIpc) is 2.26. The Bertz CT molecular complexity index is 174. The van der Waals surface area contributed by atoms with Crippen molar-refractivity contribution in [2.75, 3.05) is 13.1 Å². The molecular formula is C14H30N2. The fraction of sp³-hybridized carbons (Fsp3) is 1.00. The zero-order valence-electron chi connectivity index (χ0n) is 11.4. The first-order chi connectivity index (χ1) is 7.63. The number of hydrogen-bond acceptors (Lipinski definition) is 2. The number of nitrogens with zero attached hydrogens (tertiary/aromatic N) is 1. The van der Waals surface area contributed by atoms with E-state index < -0.39 is 0 Å². The molecule has 96 valence electrons. The molecule has 0 amide bonds. The van der Waals surface area contributed by atoms with Gasteiger partial charge in [-0.3, -0.25) is 4.90 Å². The third-order valence-electron chi connectivity index (χ3n) is 3.74. The van der Waals surface area contributed by atoms with Gasteiger partial charge < -0.3 is 5.73 Å². The van der Waals surface area contributed by atoms with Crippen LogP contribution in [-0.4, -0.2) is 30.1 Å². The Labute approximate surface area is 102 Å². The fourth-order valence-electron chi connectivity index (χ4n) is 2.96. The van der Waals surface area contributed by atoms with E-state index in [0.717, 1.165) is 31.5 Å². The molecule has 0 aromatic carbocycles. The van der Waals surface area contributed by atoms with Crippen LogP contribution in [-0.2, 0) is 0 Å². The molecule has 0 heterocycles. The quantitative estimate of drug-likeness (QED) is 0.754. The molecule has 16 heavy (non-hydrogen) atoms. The molecule has 1 saturated carbocycles. The number of likely N-dealkylation sites (N-methyl/N-ethyl adjacent to an activating group) is 1. The SMILES string of the molecule is CCN(CC(N)CC(C)C)C1CCCCC1. The van der Waals surface area contributed by atoms with E-state index in [-0.39, 0.29) is 0 Å². The van der Waals surface area contributed by atoms with Gasteiger partial charge in [0.05, 0.1) is 0 Å². The van der Waals surface area contributed by atoms with Crippen LogP contribution < -0.4 is 5.73 Å². The van der Waals surface area contributed by atoms with Crippen molar-refractivity contribution in [3.05, 3.63) is 0 Å². The Morgan fingerprint density at radius 1 is 1.19 bits per heavy atom. The Kier molecular flexibility index (Phi) is 6.37. The minimum Gasteiger partial charge on any atom is -0.327 e. The average molecular weight is 226 g/mol. The molecule has 0 radical (unpaired) electrons. The van der Waals surface area contributed by atoms with Crippen molar-refractivity contribution in [3.63, 3.8) is 0 Å². The Morgan fingerprint density at radius 2 is 1.81 bits per heavy atom. The van der Waals surface area contributed by atoms with E-state index in [4.69, 9.17) is 5.73 Å². The molecule has 0 aliphatic heterocycles. The molecule has 2 nitrogen and oxygen atoms in total.